The minimum absolute atomic E-state index is 0.226. The summed E-state index contributed by atoms with van der Waals surface area (Å²) in [4.78, 5) is 4.55. The maximum atomic E-state index is 5.92. The van der Waals surface area contributed by atoms with Gasteiger partial charge in [-0.05, 0) is 29.8 Å². The van der Waals surface area contributed by atoms with Gasteiger partial charge in [0.15, 0.2) is 0 Å². The molecule has 1 atom stereocenters. The molecule has 0 radical (unpaired) electrons. The first-order valence-corrected chi connectivity index (χ1v) is 7.24. The molecular formula is C13H10Br2ClN. The summed E-state index contributed by atoms with van der Waals surface area (Å²) in [6.45, 7) is 0. The van der Waals surface area contributed by atoms with Crippen molar-refractivity contribution in [1.29, 1.82) is 0 Å². The van der Waals surface area contributed by atoms with Crippen LogP contribution in [0.15, 0.2) is 47.1 Å². The van der Waals surface area contributed by atoms with Gasteiger partial charge in [-0.15, -0.1) is 0 Å². The van der Waals surface area contributed by atoms with Crippen LogP contribution in [0, 0.1) is 0 Å². The Morgan fingerprint density at radius 2 is 2.06 bits per heavy atom. The average molecular weight is 375 g/mol. The van der Waals surface area contributed by atoms with Gasteiger partial charge in [-0.1, -0.05) is 55.6 Å². The van der Waals surface area contributed by atoms with E-state index in [1.54, 1.807) is 0 Å². The Hall–Kier alpha value is -0.380. The van der Waals surface area contributed by atoms with Gasteiger partial charge >= 0.3 is 0 Å². The lowest BCUT2D eigenvalue weighted by molar-refractivity contribution is 0.901. The van der Waals surface area contributed by atoms with Crippen molar-refractivity contribution >= 4 is 43.5 Å². The zero-order valence-electron chi connectivity index (χ0n) is 8.91. The number of nitrogens with zero attached hydrogens (tertiary/aromatic N) is 1. The number of aromatic nitrogens is 1. The van der Waals surface area contributed by atoms with E-state index in [1.807, 2.05) is 42.6 Å². The first-order valence-electron chi connectivity index (χ1n) is 5.16. The Morgan fingerprint density at radius 3 is 2.71 bits per heavy atom. The molecule has 4 heteroatoms. The molecule has 0 saturated carbocycles. The van der Waals surface area contributed by atoms with Gasteiger partial charge in [-0.3, -0.25) is 4.98 Å². The fraction of sp³-hybridized carbons (Fsp3) is 0.154. The SMILES string of the molecule is Clc1ccc(C(Br)Cc2ccccn2)c(Br)c1. The molecule has 0 spiro atoms. The lowest BCUT2D eigenvalue weighted by Crippen LogP contribution is -1.98. The van der Waals surface area contributed by atoms with E-state index < -0.39 is 0 Å². The van der Waals surface area contributed by atoms with E-state index in [1.165, 1.54) is 5.56 Å². The summed E-state index contributed by atoms with van der Waals surface area (Å²) >= 11 is 13.1. The largest absolute Gasteiger partial charge is 0.261 e. The average Bonchev–Trinajstić information content (AvgIpc) is 2.30. The minimum atomic E-state index is 0.226. The molecule has 1 heterocycles. The molecule has 0 aliphatic carbocycles. The van der Waals surface area contributed by atoms with Crippen LogP contribution in [0.25, 0.3) is 0 Å². The second kappa shape index (κ2) is 5.98. The van der Waals surface area contributed by atoms with Gasteiger partial charge in [0.1, 0.15) is 0 Å². The fourth-order valence-electron chi connectivity index (χ4n) is 1.57. The van der Waals surface area contributed by atoms with Gasteiger partial charge in [0.25, 0.3) is 0 Å². The molecule has 0 aliphatic heterocycles. The van der Waals surface area contributed by atoms with E-state index in [0.717, 1.165) is 21.6 Å². The number of rotatable bonds is 3. The zero-order valence-corrected chi connectivity index (χ0v) is 12.8. The van der Waals surface area contributed by atoms with Crippen molar-refractivity contribution in [3.8, 4) is 0 Å². The van der Waals surface area contributed by atoms with Crippen molar-refractivity contribution in [1.82, 2.24) is 4.98 Å². The molecule has 1 unspecified atom stereocenters. The smallest absolute Gasteiger partial charge is 0.0461 e. The van der Waals surface area contributed by atoms with E-state index in [0.29, 0.717) is 0 Å². The van der Waals surface area contributed by atoms with Gasteiger partial charge < -0.3 is 0 Å². The molecule has 1 aromatic carbocycles. The van der Waals surface area contributed by atoms with Gasteiger partial charge in [0, 0.05) is 32.6 Å². The normalized spacial score (nSPS) is 12.4. The third kappa shape index (κ3) is 3.54. The van der Waals surface area contributed by atoms with Crippen LogP contribution >= 0.6 is 43.5 Å². The highest BCUT2D eigenvalue weighted by atomic mass is 79.9. The van der Waals surface area contributed by atoms with Crippen LogP contribution in [0.1, 0.15) is 16.1 Å². The molecule has 1 nitrogen and oxygen atoms in total. The number of hydrogen-bond acceptors (Lipinski definition) is 1. The number of hydrogen-bond donors (Lipinski definition) is 0. The Morgan fingerprint density at radius 1 is 1.24 bits per heavy atom. The number of halogens is 3. The van der Waals surface area contributed by atoms with E-state index in [2.05, 4.69) is 36.8 Å². The van der Waals surface area contributed by atoms with Crippen molar-refractivity contribution < 1.29 is 0 Å². The molecule has 88 valence electrons. The minimum Gasteiger partial charge on any atom is -0.261 e. The number of pyridine rings is 1. The summed E-state index contributed by atoms with van der Waals surface area (Å²) in [5.74, 6) is 0. The van der Waals surface area contributed by atoms with Crippen LogP contribution in [-0.2, 0) is 6.42 Å². The van der Waals surface area contributed by atoms with E-state index in [4.69, 9.17) is 11.6 Å². The van der Waals surface area contributed by atoms with E-state index >= 15 is 0 Å². The summed E-state index contributed by atoms with van der Waals surface area (Å²) in [6.07, 6.45) is 2.66. The van der Waals surface area contributed by atoms with Crippen LogP contribution in [0.3, 0.4) is 0 Å². The van der Waals surface area contributed by atoms with Crippen LogP contribution < -0.4 is 0 Å². The predicted molar refractivity (Wildman–Crippen MR) is 78.8 cm³/mol. The Bertz CT molecular complexity index is 502. The van der Waals surface area contributed by atoms with Crippen molar-refractivity contribution in [3.63, 3.8) is 0 Å². The lowest BCUT2D eigenvalue weighted by Gasteiger charge is -2.12. The number of alkyl halides is 1. The summed E-state index contributed by atoms with van der Waals surface area (Å²) in [6, 6.07) is 11.8. The van der Waals surface area contributed by atoms with Crippen molar-refractivity contribution in [2.75, 3.05) is 0 Å². The van der Waals surface area contributed by atoms with Crippen molar-refractivity contribution in [2.45, 2.75) is 11.2 Å². The third-order valence-electron chi connectivity index (χ3n) is 2.41. The quantitative estimate of drug-likeness (QED) is 0.674. The van der Waals surface area contributed by atoms with Gasteiger partial charge in [-0.2, -0.15) is 0 Å². The zero-order chi connectivity index (χ0) is 12.3. The molecule has 0 amide bonds. The molecule has 17 heavy (non-hydrogen) atoms. The highest BCUT2D eigenvalue weighted by Gasteiger charge is 2.12. The topological polar surface area (TPSA) is 12.9 Å². The molecule has 1 aromatic heterocycles. The molecular weight excluding hydrogens is 365 g/mol. The van der Waals surface area contributed by atoms with Crippen LogP contribution in [0.5, 0.6) is 0 Å². The molecule has 0 aliphatic rings. The van der Waals surface area contributed by atoms with E-state index in [9.17, 15) is 0 Å². The molecule has 0 fully saturated rings. The first kappa shape index (κ1) is 13.1. The number of benzene rings is 1. The van der Waals surface area contributed by atoms with Gasteiger partial charge in [0.05, 0.1) is 0 Å². The second-order valence-electron chi connectivity index (χ2n) is 3.66. The fourth-order valence-corrected chi connectivity index (χ4v) is 3.57. The summed E-state index contributed by atoms with van der Waals surface area (Å²) < 4.78 is 1.02. The molecule has 0 bridgehead atoms. The second-order valence-corrected chi connectivity index (χ2v) is 6.05. The first-order chi connectivity index (χ1) is 8.16. The molecule has 2 aromatic rings. The highest BCUT2D eigenvalue weighted by molar-refractivity contribution is 9.11. The van der Waals surface area contributed by atoms with Gasteiger partial charge in [-0.25, -0.2) is 0 Å². The Kier molecular flexibility index (Phi) is 4.60. The van der Waals surface area contributed by atoms with Crippen LogP contribution in [0.2, 0.25) is 5.02 Å². The summed E-state index contributed by atoms with van der Waals surface area (Å²) in [5.41, 5.74) is 2.25. The van der Waals surface area contributed by atoms with Crippen molar-refractivity contribution in [3.05, 3.63) is 63.3 Å². The molecule has 0 saturated heterocycles. The molecule has 0 N–H and O–H groups in total. The monoisotopic (exact) mass is 373 g/mol. The summed E-state index contributed by atoms with van der Waals surface area (Å²) in [7, 11) is 0. The Balaban J connectivity index is 2.17. The molecule has 2 rings (SSSR count). The van der Waals surface area contributed by atoms with Gasteiger partial charge in [0.2, 0.25) is 0 Å². The highest BCUT2D eigenvalue weighted by Crippen LogP contribution is 2.33. The maximum Gasteiger partial charge on any atom is 0.0461 e. The third-order valence-corrected chi connectivity index (χ3v) is 4.15. The van der Waals surface area contributed by atoms with Crippen LogP contribution in [-0.4, -0.2) is 4.98 Å². The van der Waals surface area contributed by atoms with E-state index in [-0.39, 0.29) is 4.83 Å². The van der Waals surface area contributed by atoms with Crippen molar-refractivity contribution in [2.24, 2.45) is 0 Å². The summed E-state index contributed by atoms with van der Waals surface area (Å²) in [5, 5.41) is 0.734. The Labute approximate surface area is 122 Å². The predicted octanol–water partition coefficient (Wildman–Crippen LogP) is 5.18. The lowest BCUT2D eigenvalue weighted by atomic mass is 10.1. The standard InChI is InChI=1S/C13H10Br2ClN/c14-12-7-9(16)4-5-11(12)13(15)8-10-3-1-2-6-17-10/h1-7,13H,8H2. The van der Waals surface area contributed by atoms with Crippen LogP contribution in [0.4, 0.5) is 0 Å². The maximum absolute atomic E-state index is 5.92.